The minimum absolute atomic E-state index is 0.111. The van der Waals surface area contributed by atoms with Gasteiger partial charge in [0.2, 0.25) is 0 Å². The first-order valence-corrected chi connectivity index (χ1v) is 10.4. The van der Waals surface area contributed by atoms with Crippen LogP contribution >= 0.6 is 11.6 Å². The minimum atomic E-state index is -0.754. The van der Waals surface area contributed by atoms with Gasteiger partial charge in [-0.15, -0.1) is 0 Å². The molecule has 1 aliphatic heterocycles. The van der Waals surface area contributed by atoms with Crippen LogP contribution in [-0.4, -0.2) is 23.1 Å². The van der Waals surface area contributed by atoms with Crippen molar-refractivity contribution in [1.29, 1.82) is 0 Å². The second kappa shape index (κ2) is 9.02. The number of esters is 1. The number of nitrogens with zero attached hydrogens (tertiary/aromatic N) is 1. The molecule has 0 radical (unpaired) electrons. The Morgan fingerprint density at radius 3 is 2.25 bits per heavy atom. The van der Waals surface area contributed by atoms with Crippen LogP contribution in [-0.2, 0) is 14.3 Å². The van der Waals surface area contributed by atoms with Gasteiger partial charge in [-0.1, -0.05) is 18.5 Å². The van der Waals surface area contributed by atoms with Gasteiger partial charge in [-0.25, -0.2) is 4.79 Å². The molecule has 1 heterocycles. The van der Waals surface area contributed by atoms with Crippen LogP contribution in [0, 0.1) is 5.41 Å². The maximum atomic E-state index is 12.7. The predicted octanol–water partition coefficient (Wildman–Crippen LogP) is 5.43. The summed E-state index contributed by atoms with van der Waals surface area (Å²) in [5, 5.41) is 16.7. The van der Waals surface area contributed by atoms with E-state index in [-0.39, 0.29) is 23.4 Å². The van der Waals surface area contributed by atoms with Crippen LogP contribution in [0.4, 0.5) is 21.9 Å². The second-order valence-corrected chi connectivity index (χ2v) is 8.66. The third kappa shape index (κ3) is 4.92. The molecule has 3 amide bonds. The summed E-state index contributed by atoms with van der Waals surface area (Å²) in [6, 6.07) is 10.7. The topological polar surface area (TPSA) is 108 Å². The zero-order valence-electron chi connectivity index (χ0n) is 18.2. The highest BCUT2D eigenvalue weighted by Gasteiger charge is 2.36. The van der Waals surface area contributed by atoms with E-state index in [0.29, 0.717) is 27.0 Å². The fraction of sp³-hybridized carbons (Fsp3) is 0.261. The summed E-state index contributed by atoms with van der Waals surface area (Å²) in [7, 11) is 0. The van der Waals surface area contributed by atoms with Gasteiger partial charge in [0.05, 0.1) is 16.7 Å². The van der Waals surface area contributed by atoms with Crippen molar-refractivity contribution < 1.29 is 24.3 Å². The summed E-state index contributed by atoms with van der Waals surface area (Å²) in [4.78, 5) is 37.3. The number of amides is 3. The summed E-state index contributed by atoms with van der Waals surface area (Å²) in [5.74, 6) is -1.01. The molecule has 3 rings (SSSR count). The van der Waals surface area contributed by atoms with Gasteiger partial charge in [0.15, 0.2) is 0 Å². The summed E-state index contributed by atoms with van der Waals surface area (Å²) < 4.78 is 5.49. The summed E-state index contributed by atoms with van der Waals surface area (Å²) in [6.45, 7) is 6.89. The standard InChI is InChI=1S/C23H24ClN3O5/c1-5-18(32-21(29)23(2,3)4)19-16-11-10-15(12-17(16)27(31)20(19)28)26-22(30)25-14-8-6-13(24)7-9-14/h6-12,31H,5H2,1-4H3,(H2,25,26,30)/b19-18-. The van der Waals surface area contributed by atoms with Crippen molar-refractivity contribution in [1.82, 2.24) is 0 Å². The lowest BCUT2D eigenvalue weighted by Crippen LogP contribution is -2.25. The summed E-state index contributed by atoms with van der Waals surface area (Å²) in [6.07, 6.45) is 0.277. The zero-order chi connectivity index (χ0) is 23.6. The molecule has 32 heavy (non-hydrogen) atoms. The third-order valence-corrected chi connectivity index (χ3v) is 4.94. The van der Waals surface area contributed by atoms with Gasteiger partial charge in [-0.2, -0.15) is 5.06 Å². The number of urea groups is 1. The Morgan fingerprint density at radius 1 is 1.06 bits per heavy atom. The molecule has 0 aromatic heterocycles. The summed E-state index contributed by atoms with van der Waals surface area (Å²) in [5.41, 5.74) is 0.834. The van der Waals surface area contributed by atoms with Crippen LogP contribution in [0.3, 0.4) is 0 Å². The third-order valence-electron chi connectivity index (χ3n) is 4.69. The predicted molar refractivity (Wildman–Crippen MR) is 123 cm³/mol. The number of nitrogens with one attached hydrogen (secondary N) is 2. The molecule has 168 valence electrons. The Kier molecular flexibility index (Phi) is 6.57. The highest BCUT2D eigenvalue weighted by molar-refractivity contribution is 6.32. The fourth-order valence-corrected chi connectivity index (χ4v) is 3.11. The van der Waals surface area contributed by atoms with Crippen molar-refractivity contribution in [3.05, 3.63) is 58.8 Å². The number of carbonyl (C=O) groups is 3. The molecule has 0 bridgehead atoms. The van der Waals surface area contributed by atoms with Crippen LogP contribution in [0.2, 0.25) is 5.02 Å². The highest BCUT2D eigenvalue weighted by Crippen LogP contribution is 2.40. The molecule has 0 saturated carbocycles. The van der Waals surface area contributed by atoms with Crippen LogP contribution in [0.15, 0.2) is 48.2 Å². The molecule has 2 aromatic rings. The van der Waals surface area contributed by atoms with E-state index in [2.05, 4.69) is 10.6 Å². The zero-order valence-corrected chi connectivity index (χ0v) is 18.9. The van der Waals surface area contributed by atoms with Gasteiger partial charge in [-0.3, -0.25) is 14.8 Å². The number of hydrogen-bond donors (Lipinski definition) is 3. The number of rotatable bonds is 4. The minimum Gasteiger partial charge on any atom is -0.430 e. The second-order valence-electron chi connectivity index (χ2n) is 8.23. The van der Waals surface area contributed by atoms with E-state index in [9.17, 15) is 19.6 Å². The average Bonchev–Trinajstić information content (AvgIpc) is 2.97. The maximum absolute atomic E-state index is 12.7. The molecule has 1 aliphatic rings. The summed E-state index contributed by atoms with van der Waals surface area (Å²) >= 11 is 5.84. The Hall–Kier alpha value is -3.36. The number of fused-ring (bicyclic) bond motifs is 1. The first-order valence-electron chi connectivity index (χ1n) is 9.98. The van der Waals surface area contributed by atoms with Gasteiger partial charge < -0.3 is 15.4 Å². The smallest absolute Gasteiger partial charge is 0.323 e. The molecule has 0 atom stereocenters. The molecule has 0 unspecified atom stereocenters. The van der Waals surface area contributed by atoms with Gasteiger partial charge in [-0.05, 0) is 63.2 Å². The Labute approximate surface area is 190 Å². The van der Waals surface area contributed by atoms with E-state index in [4.69, 9.17) is 16.3 Å². The number of hydrogen-bond acceptors (Lipinski definition) is 5. The molecule has 2 aromatic carbocycles. The van der Waals surface area contributed by atoms with E-state index in [1.54, 1.807) is 64.1 Å². The fourth-order valence-electron chi connectivity index (χ4n) is 2.99. The van der Waals surface area contributed by atoms with E-state index in [1.165, 1.54) is 6.07 Å². The number of halogens is 1. The molecule has 3 N–H and O–H groups in total. The van der Waals surface area contributed by atoms with Gasteiger partial charge in [0.1, 0.15) is 5.76 Å². The van der Waals surface area contributed by atoms with E-state index < -0.39 is 23.3 Å². The monoisotopic (exact) mass is 457 g/mol. The molecular weight excluding hydrogens is 434 g/mol. The molecular formula is C23H24ClN3O5. The number of ether oxygens (including phenoxy) is 1. The van der Waals surface area contributed by atoms with Crippen molar-refractivity contribution in [2.24, 2.45) is 5.41 Å². The number of hydroxylamine groups is 1. The lowest BCUT2D eigenvalue weighted by atomic mass is 9.97. The van der Waals surface area contributed by atoms with Gasteiger partial charge in [0, 0.05) is 28.4 Å². The number of anilines is 3. The Bertz CT molecular complexity index is 1100. The van der Waals surface area contributed by atoms with Crippen molar-refractivity contribution in [2.45, 2.75) is 34.1 Å². The van der Waals surface area contributed by atoms with Crippen molar-refractivity contribution >= 4 is 52.1 Å². The molecule has 0 aliphatic carbocycles. The SMILES string of the molecule is CC/C(OC(=O)C(C)(C)C)=C1/C(=O)N(O)c2cc(NC(=O)Nc3ccc(Cl)cc3)ccc21. The molecule has 8 nitrogen and oxygen atoms in total. The van der Waals surface area contributed by atoms with E-state index >= 15 is 0 Å². The van der Waals surface area contributed by atoms with E-state index in [1.807, 2.05) is 0 Å². The average molecular weight is 458 g/mol. The van der Waals surface area contributed by atoms with Crippen molar-refractivity contribution in [3.63, 3.8) is 0 Å². The normalized spacial score (nSPS) is 14.7. The molecule has 0 fully saturated rings. The number of allylic oxidation sites excluding steroid dienone is 1. The first-order chi connectivity index (χ1) is 15.0. The van der Waals surface area contributed by atoms with Crippen LogP contribution in [0.25, 0.3) is 5.57 Å². The van der Waals surface area contributed by atoms with Crippen LogP contribution in [0.1, 0.15) is 39.7 Å². The first kappa shape index (κ1) is 23.3. The Balaban J connectivity index is 1.85. The van der Waals surface area contributed by atoms with Crippen molar-refractivity contribution in [3.8, 4) is 0 Å². The van der Waals surface area contributed by atoms with Gasteiger partial charge in [0.25, 0.3) is 5.91 Å². The molecule has 9 heteroatoms. The molecule has 0 spiro atoms. The largest absolute Gasteiger partial charge is 0.430 e. The number of carbonyl (C=O) groups excluding carboxylic acids is 3. The highest BCUT2D eigenvalue weighted by atomic mass is 35.5. The van der Waals surface area contributed by atoms with Crippen molar-refractivity contribution in [2.75, 3.05) is 15.7 Å². The molecule has 0 saturated heterocycles. The lowest BCUT2D eigenvalue weighted by molar-refractivity contribution is -0.148. The van der Waals surface area contributed by atoms with E-state index in [0.717, 1.165) is 0 Å². The van der Waals surface area contributed by atoms with Crippen LogP contribution in [0.5, 0.6) is 0 Å². The van der Waals surface area contributed by atoms with Gasteiger partial charge >= 0.3 is 12.0 Å². The number of benzene rings is 2. The van der Waals surface area contributed by atoms with Crippen LogP contribution < -0.4 is 15.7 Å². The Morgan fingerprint density at radius 2 is 1.66 bits per heavy atom. The lowest BCUT2D eigenvalue weighted by Gasteiger charge is -2.18. The maximum Gasteiger partial charge on any atom is 0.323 e. The quantitative estimate of drug-likeness (QED) is 0.245.